The van der Waals surface area contributed by atoms with Crippen molar-refractivity contribution in [2.24, 2.45) is 0 Å². The molecule has 5 nitrogen and oxygen atoms in total. The van der Waals surface area contributed by atoms with E-state index < -0.39 is 0 Å². The van der Waals surface area contributed by atoms with Gasteiger partial charge in [-0.1, -0.05) is 18.2 Å². The van der Waals surface area contributed by atoms with Gasteiger partial charge in [-0.15, -0.1) is 12.4 Å². The number of hydrogen-bond donors (Lipinski definition) is 1. The molecule has 0 saturated heterocycles. The Morgan fingerprint density at radius 3 is 2.71 bits per heavy atom. The van der Waals surface area contributed by atoms with Gasteiger partial charge in [0, 0.05) is 18.3 Å². The Morgan fingerprint density at radius 2 is 1.96 bits per heavy atom. The molecule has 1 atom stereocenters. The predicted molar refractivity (Wildman–Crippen MR) is 96.2 cm³/mol. The highest BCUT2D eigenvalue weighted by atomic mass is 35.5. The summed E-state index contributed by atoms with van der Waals surface area (Å²) in [4.78, 5) is 14.3. The highest BCUT2D eigenvalue weighted by Gasteiger charge is 2.24. The summed E-state index contributed by atoms with van der Waals surface area (Å²) < 4.78 is 11.6. The van der Waals surface area contributed by atoms with Gasteiger partial charge >= 0.3 is 0 Å². The summed E-state index contributed by atoms with van der Waals surface area (Å²) in [5.41, 5.74) is 7.89. The molecule has 0 radical (unpaired) electrons. The van der Waals surface area contributed by atoms with E-state index in [0.717, 1.165) is 11.3 Å². The summed E-state index contributed by atoms with van der Waals surface area (Å²) in [7, 11) is 1.76. The minimum absolute atomic E-state index is 0. The van der Waals surface area contributed by atoms with Crippen LogP contribution >= 0.6 is 12.4 Å². The van der Waals surface area contributed by atoms with Crippen LogP contribution in [0.4, 0.5) is 5.69 Å². The van der Waals surface area contributed by atoms with Gasteiger partial charge in [-0.05, 0) is 36.8 Å². The number of benzene rings is 2. The second-order valence-corrected chi connectivity index (χ2v) is 5.76. The number of aryl methyl sites for hydroxylation is 1. The molecule has 0 aromatic heterocycles. The molecule has 0 spiro atoms. The van der Waals surface area contributed by atoms with Crippen molar-refractivity contribution in [1.29, 1.82) is 0 Å². The second kappa shape index (κ2) is 7.45. The predicted octanol–water partition coefficient (Wildman–Crippen LogP) is 2.91. The van der Waals surface area contributed by atoms with Gasteiger partial charge < -0.3 is 20.1 Å². The third kappa shape index (κ3) is 3.74. The van der Waals surface area contributed by atoms with Gasteiger partial charge in [0.1, 0.15) is 6.61 Å². The molecule has 1 heterocycles. The molecule has 1 aliphatic rings. The van der Waals surface area contributed by atoms with Crippen molar-refractivity contribution < 1.29 is 14.3 Å². The Balaban J connectivity index is 0.00000208. The molecule has 1 unspecified atom stereocenters. The van der Waals surface area contributed by atoms with Crippen molar-refractivity contribution in [3.05, 3.63) is 53.6 Å². The van der Waals surface area contributed by atoms with Gasteiger partial charge in [0.2, 0.25) is 0 Å². The monoisotopic (exact) mass is 348 g/mol. The van der Waals surface area contributed by atoms with Crippen LogP contribution in [0.5, 0.6) is 11.5 Å². The molecule has 128 valence electrons. The smallest absolute Gasteiger partial charge is 0.254 e. The number of nitrogens with two attached hydrogens (primary N) is 1. The molecule has 6 heteroatoms. The number of carbonyl (C=O) groups excluding carboxylic acids is 1. The molecule has 24 heavy (non-hydrogen) atoms. The Hall–Kier alpha value is -2.40. The highest BCUT2D eigenvalue weighted by molar-refractivity contribution is 5.96. The van der Waals surface area contributed by atoms with Crippen molar-refractivity contribution >= 4 is 24.0 Å². The van der Waals surface area contributed by atoms with E-state index in [1.165, 1.54) is 0 Å². The topological polar surface area (TPSA) is 64.8 Å². The molecular weight excluding hydrogens is 328 g/mol. The van der Waals surface area contributed by atoms with E-state index >= 15 is 0 Å². The quantitative estimate of drug-likeness (QED) is 0.866. The fraction of sp³-hybridized carbons (Fsp3) is 0.278. The number of nitrogens with zero attached hydrogens (tertiary/aromatic N) is 1. The number of hydrogen-bond acceptors (Lipinski definition) is 4. The zero-order valence-corrected chi connectivity index (χ0v) is 14.5. The molecule has 2 aromatic carbocycles. The standard InChI is InChI=1S/C18H20N2O3.ClH/c1-12-7-8-13(19)9-15(12)18(21)20(2)10-14-11-22-16-5-3-4-6-17(16)23-14;/h3-9,14H,10-11,19H2,1-2H3;1H. The van der Waals surface area contributed by atoms with Crippen LogP contribution in [0.2, 0.25) is 0 Å². The lowest BCUT2D eigenvalue weighted by Crippen LogP contribution is -2.42. The van der Waals surface area contributed by atoms with E-state index in [-0.39, 0.29) is 24.4 Å². The Bertz CT molecular complexity index is 736. The SMILES string of the molecule is Cc1ccc(N)cc1C(=O)N(C)CC1COc2ccccc2O1.Cl. The van der Waals surface area contributed by atoms with Gasteiger partial charge in [-0.2, -0.15) is 0 Å². The molecule has 0 bridgehead atoms. The summed E-state index contributed by atoms with van der Waals surface area (Å²) >= 11 is 0. The largest absolute Gasteiger partial charge is 0.486 e. The van der Waals surface area contributed by atoms with Crippen LogP contribution in [0.1, 0.15) is 15.9 Å². The first-order valence-corrected chi connectivity index (χ1v) is 7.54. The first-order valence-electron chi connectivity index (χ1n) is 7.54. The number of likely N-dealkylation sites (N-methyl/N-ethyl adjacent to an activating group) is 1. The Morgan fingerprint density at radius 1 is 1.25 bits per heavy atom. The average Bonchev–Trinajstić information content (AvgIpc) is 2.56. The number of para-hydroxylation sites is 2. The van der Waals surface area contributed by atoms with E-state index in [1.54, 1.807) is 24.1 Å². The van der Waals surface area contributed by atoms with Crippen molar-refractivity contribution in [2.75, 3.05) is 25.9 Å². The van der Waals surface area contributed by atoms with Gasteiger partial charge in [-0.3, -0.25) is 4.79 Å². The number of nitrogen functional groups attached to an aromatic ring is 1. The fourth-order valence-electron chi connectivity index (χ4n) is 2.62. The van der Waals surface area contributed by atoms with E-state index in [2.05, 4.69) is 0 Å². The summed E-state index contributed by atoms with van der Waals surface area (Å²) in [6.45, 7) is 2.77. The van der Waals surface area contributed by atoms with Crippen LogP contribution in [0.25, 0.3) is 0 Å². The molecule has 3 rings (SSSR count). The third-order valence-corrected chi connectivity index (χ3v) is 3.88. The van der Waals surface area contributed by atoms with Gasteiger partial charge in [-0.25, -0.2) is 0 Å². The van der Waals surface area contributed by atoms with Crippen LogP contribution < -0.4 is 15.2 Å². The van der Waals surface area contributed by atoms with Crippen molar-refractivity contribution in [2.45, 2.75) is 13.0 Å². The first kappa shape index (κ1) is 17.9. The molecular formula is C18H21ClN2O3. The van der Waals surface area contributed by atoms with Gasteiger partial charge in [0.25, 0.3) is 5.91 Å². The van der Waals surface area contributed by atoms with Crippen molar-refractivity contribution in [1.82, 2.24) is 4.90 Å². The zero-order chi connectivity index (χ0) is 16.4. The lowest BCUT2D eigenvalue weighted by atomic mass is 10.1. The summed E-state index contributed by atoms with van der Waals surface area (Å²) in [6, 6.07) is 12.9. The average molecular weight is 349 g/mol. The minimum Gasteiger partial charge on any atom is -0.486 e. The maximum atomic E-state index is 12.6. The summed E-state index contributed by atoms with van der Waals surface area (Å²) in [6.07, 6.45) is -0.194. The molecule has 2 N–H and O–H groups in total. The number of fused-ring (bicyclic) bond motifs is 1. The first-order chi connectivity index (χ1) is 11.0. The lowest BCUT2D eigenvalue weighted by molar-refractivity contribution is 0.0520. The number of amides is 1. The highest BCUT2D eigenvalue weighted by Crippen LogP contribution is 2.31. The number of halogens is 1. The fourth-order valence-corrected chi connectivity index (χ4v) is 2.62. The molecule has 0 fully saturated rings. The molecule has 2 aromatic rings. The molecule has 1 aliphatic heterocycles. The van der Waals surface area contributed by atoms with Crippen LogP contribution in [0.3, 0.4) is 0 Å². The normalized spacial score (nSPS) is 15.3. The molecule has 1 amide bonds. The minimum atomic E-state index is -0.194. The van der Waals surface area contributed by atoms with E-state index in [9.17, 15) is 4.79 Å². The number of ether oxygens (including phenoxy) is 2. The number of anilines is 1. The van der Waals surface area contributed by atoms with E-state index in [0.29, 0.717) is 30.2 Å². The van der Waals surface area contributed by atoms with Crippen LogP contribution in [-0.2, 0) is 0 Å². The second-order valence-electron chi connectivity index (χ2n) is 5.76. The summed E-state index contributed by atoms with van der Waals surface area (Å²) in [5.74, 6) is 1.38. The van der Waals surface area contributed by atoms with Crippen LogP contribution in [-0.4, -0.2) is 37.1 Å². The zero-order valence-electron chi connectivity index (χ0n) is 13.7. The lowest BCUT2D eigenvalue weighted by Gasteiger charge is -2.29. The maximum Gasteiger partial charge on any atom is 0.254 e. The maximum absolute atomic E-state index is 12.6. The Labute approximate surface area is 147 Å². The van der Waals surface area contributed by atoms with Crippen LogP contribution in [0, 0.1) is 6.92 Å². The number of carbonyl (C=O) groups is 1. The number of rotatable bonds is 3. The third-order valence-electron chi connectivity index (χ3n) is 3.88. The van der Waals surface area contributed by atoms with Crippen LogP contribution in [0.15, 0.2) is 42.5 Å². The van der Waals surface area contributed by atoms with Gasteiger partial charge in [0.05, 0.1) is 6.54 Å². The molecule has 0 saturated carbocycles. The van der Waals surface area contributed by atoms with E-state index in [4.69, 9.17) is 15.2 Å². The Kier molecular flexibility index (Phi) is 5.57. The summed E-state index contributed by atoms with van der Waals surface area (Å²) in [5, 5.41) is 0. The van der Waals surface area contributed by atoms with Crippen molar-refractivity contribution in [3.63, 3.8) is 0 Å². The molecule has 0 aliphatic carbocycles. The van der Waals surface area contributed by atoms with Crippen molar-refractivity contribution in [3.8, 4) is 11.5 Å². The van der Waals surface area contributed by atoms with Gasteiger partial charge in [0.15, 0.2) is 17.6 Å². The van der Waals surface area contributed by atoms with E-state index in [1.807, 2.05) is 37.3 Å².